The second-order valence-electron chi connectivity index (χ2n) is 6.36. The molecule has 0 bridgehead atoms. The second kappa shape index (κ2) is 8.39. The Morgan fingerprint density at radius 2 is 1.85 bits per heavy atom. The summed E-state index contributed by atoms with van der Waals surface area (Å²) in [6, 6.07) is 10.7. The Bertz CT molecular complexity index is 851. The number of hydrogen-bond donors (Lipinski definition) is 1. The van der Waals surface area contributed by atoms with Crippen LogP contribution >= 0.6 is 11.6 Å². The maximum atomic E-state index is 13.8. The SMILES string of the molecule is COc1ccc(Cl)cc1C(=O)NC1CCN(C(=O)c2ccccc2F)CC1. The molecule has 27 heavy (non-hydrogen) atoms. The summed E-state index contributed by atoms with van der Waals surface area (Å²) in [4.78, 5) is 26.6. The molecule has 1 saturated heterocycles. The van der Waals surface area contributed by atoms with Gasteiger partial charge < -0.3 is 15.0 Å². The monoisotopic (exact) mass is 390 g/mol. The Morgan fingerprint density at radius 3 is 2.52 bits per heavy atom. The van der Waals surface area contributed by atoms with Crippen molar-refractivity contribution in [3.63, 3.8) is 0 Å². The van der Waals surface area contributed by atoms with E-state index in [0.29, 0.717) is 42.3 Å². The van der Waals surface area contributed by atoms with E-state index in [-0.39, 0.29) is 23.4 Å². The van der Waals surface area contributed by atoms with E-state index in [4.69, 9.17) is 16.3 Å². The molecule has 0 radical (unpaired) electrons. The van der Waals surface area contributed by atoms with E-state index in [0.717, 1.165) is 0 Å². The van der Waals surface area contributed by atoms with E-state index in [9.17, 15) is 14.0 Å². The number of likely N-dealkylation sites (tertiary alicyclic amines) is 1. The highest BCUT2D eigenvalue weighted by molar-refractivity contribution is 6.31. The van der Waals surface area contributed by atoms with Gasteiger partial charge in [-0.3, -0.25) is 9.59 Å². The van der Waals surface area contributed by atoms with Crippen molar-refractivity contribution < 1.29 is 18.7 Å². The number of ether oxygens (including phenoxy) is 1. The maximum Gasteiger partial charge on any atom is 0.256 e. The lowest BCUT2D eigenvalue weighted by Gasteiger charge is -2.32. The van der Waals surface area contributed by atoms with Crippen LogP contribution in [0, 0.1) is 5.82 Å². The van der Waals surface area contributed by atoms with Gasteiger partial charge in [-0.2, -0.15) is 0 Å². The fraction of sp³-hybridized carbons (Fsp3) is 0.300. The number of benzene rings is 2. The number of carbonyl (C=O) groups excluding carboxylic acids is 2. The smallest absolute Gasteiger partial charge is 0.256 e. The van der Waals surface area contributed by atoms with E-state index < -0.39 is 5.82 Å². The van der Waals surface area contributed by atoms with Crippen molar-refractivity contribution in [2.75, 3.05) is 20.2 Å². The van der Waals surface area contributed by atoms with Crippen molar-refractivity contribution in [1.29, 1.82) is 0 Å². The van der Waals surface area contributed by atoms with E-state index in [1.807, 2.05) is 0 Å². The fourth-order valence-corrected chi connectivity index (χ4v) is 3.32. The number of rotatable bonds is 4. The Kier molecular flexibility index (Phi) is 5.96. The third kappa shape index (κ3) is 4.39. The number of hydrogen-bond acceptors (Lipinski definition) is 3. The standard InChI is InChI=1S/C20H20ClFN2O3/c1-27-18-7-6-13(21)12-16(18)19(25)23-14-8-10-24(11-9-14)20(26)15-4-2-3-5-17(15)22/h2-7,12,14H,8-11H2,1H3,(H,23,25). The molecule has 5 nitrogen and oxygen atoms in total. The Hall–Kier alpha value is -2.60. The van der Waals surface area contributed by atoms with Crippen molar-refractivity contribution >= 4 is 23.4 Å². The molecule has 1 aliphatic rings. The van der Waals surface area contributed by atoms with Gasteiger partial charge in [0, 0.05) is 24.2 Å². The van der Waals surface area contributed by atoms with Gasteiger partial charge in [-0.1, -0.05) is 23.7 Å². The van der Waals surface area contributed by atoms with Crippen molar-refractivity contribution in [2.45, 2.75) is 18.9 Å². The van der Waals surface area contributed by atoms with Crippen molar-refractivity contribution in [2.24, 2.45) is 0 Å². The minimum Gasteiger partial charge on any atom is -0.496 e. The van der Waals surface area contributed by atoms with Gasteiger partial charge in [-0.25, -0.2) is 4.39 Å². The number of nitrogens with zero attached hydrogens (tertiary/aromatic N) is 1. The first kappa shape index (κ1) is 19.2. The summed E-state index contributed by atoms with van der Waals surface area (Å²) in [5.41, 5.74) is 0.443. The third-order valence-electron chi connectivity index (χ3n) is 4.63. The predicted octanol–water partition coefficient (Wildman–Crippen LogP) is 3.52. The zero-order chi connectivity index (χ0) is 19.4. The molecule has 0 unspecified atom stereocenters. The van der Waals surface area contributed by atoms with E-state index in [1.54, 1.807) is 35.2 Å². The molecule has 0 aliphatic carbocycles. The van der Waals surface area contributed by atoms with Crippen LogP contribution in [0.3, 0.4) is 0 Å². The molecule has 0 atom stereocenters. The third-order valence-corrected chi connectivity index (χ3v) is 4.86. The normalized spacial score (nSPS) is 14.7. The maximum absolute atomic E-state index is 13.8. The van der Waals surface area contributed by atoms with Gasteiger partial charge in [-0.15, -0.1) is 0 Å². The topological polar surface area (TPSA) is 58.6 Å². The zero-order valence-electron chi connectivity index (χ0n) is 14.9. The average molecular weight is 391 g/mol. The Labute approximate surface area is 162 Å². The first-order valence-electron chi connectivity index (χ1n) is 8.68. The van der Waals surface area contributed by atoms with Crippen molar-refractivity contribution in [1.82, 2.24) is 10.2 Å². The van der Waals surface area contributed by atoms with Crippen LogP contribution in [0.25, 0.3) is 0 Å². The van der Waals surface area contributed by atoms with Gasteiger partial charge in [0.1, 0.15) is 11.6 Å². The lowest BCUT2D eigenvalue weighted by molar-refractivity contribution is 0.0693. The summed E-state index contributed by atoms with van der Waals surface area (Å²) >= 11 is 5.98. The summed E-state index contributed by atoms with van der Waals surface area (Å²) in [5, 5.41) is 3.41. The molecule has 3 rings (SSSR count). The van der Waals surface area contributed by atoms with Gasteiger partial charge >= 0.3 is 0 Å². The average Bonchev–Trinajstić information content (AvgIpc) is 2.68. The summed E-state index contributed by atoms with van der Waals surface area (Å²) in [6.45, 7) is 0.898. The van der Waals surface area contributed by atoms with Crippen molar-refractivity contribution in [3.8, 4) is 5.75 Å². The van der Waals surface area contributed by atoms with Gasteiger partial charge in [0.05, 0.1) is 18.2 Å². The molecule has 2 amide bonds. The van der Waals surface area contributed by atoms with Crippen LogP contribution in [0.1, 0.15) is 33.6 Å². The molecule has 0 saturated carbocycles. The van der Waals surface area contributed by atoms with Crippen LogP contribution in [0.4, 0.5) is 4.39 Å². The first-order chi connectivity index (χ1) is 13.0. The van der Waals surface area contributed by atoms with Crippen LogP contribution in [0.15, 0.2) is 42.5 Å². The van der Waals surface area contributed by atoms with Crippen LogP contribution < -0.4 is 10.1 Å². The second-order valence-corrected chi connectivity index (χ2v) is 6.80. The van der Waals surface area contributed by atoms with Gasteiger partial charge in [0.15, 0.2) is 0 Å². The number of piperidine rings is 1. The Morgan fingerprint density at radius 1 is 1.15 bits per heavy atom. The number of nitrogens with one attached hydrogen (secondary N) is 1. The molecule has 1 fully saturated rings. The van der Waals surface area contributed by atoms with Crippen LogP contribution in [0.2, 0.25) is 5.02 Å². The van der Waals surface area contributed by atoms with Gasteiger partial charge in [0.2, 0.25) is 0 Å². The molecular formula is C20H20ClFN2O3. The highest BCUT2D eigenvalue weighted by Gasteiger charge is 2.26. The van der Waals surface area contributed by atoms with Crippen LogP contribution in [-0.2, 0) is 0 Å². The summed E-state index contributed by atoms with van der Waals surface area (Å²) in [7, 11) is 1.49. The highest BCUT2D eigenvalue weighted by Crippen LogP contribution is 2.23. The minimum absolute atomic E-state index is 0.0728. The van der Waals surface area contributed by atoms with Gasteiger partial charge in [0.25, 0.3) is 11.8 Å². The number of amides is 2. The molecule has 0 spiro atoms. The quantitative estimate of drug-likeness (QED) is 0.868. The molecule has 142 valence electrons. The molecule has 1 aliphatic heterocycles. The van der Waals surface area contributed by atoms with E-state index >= 15 is 0 Å². The molecular weight excluding hydrogens is 371 g/mol. The molecule has 1 N–H and O–H groups in total. The summed E-state index contributed by atoms with van der Waals surface area (Å²) < 4.78 is 19.0. The Balaban J connectivity index is 1.60. The molecule has 0 aromatic heterocycles. The first-order valence-corrected chi connectivity index (χ1v) is 9.05. The van der Waals surface area contributed by atoms with Crippen molar-refractivity contribution in [3.05, 3.63) is 64.4 Å². The summed E-state index contributed by atoms with van der Waals surface area (Å²) in [5.74, 6) is -0.669. The van der Waals surface area contributed by atoms with E-state index in [2.05, 4.69) is 5.32 Å². The fourth-order valence-electron chi connectivity index (χ4n) is 3.15. The van der Waals surface area contributed by atoms with Crippen LogP contribution in [0.5, 0.6) is 5.75 Å². The molecule has 2 aromatic rings. The predicted molar refractivity (Wildman–Crippen MR) is 101 cm³/mol. The zero-order valence-corrected chi connectivity index (χ0v) is 15.6. The molecule has 2 aromatic carbocycles. The van der Waals surface area contributed by atoms with E-state index in [1.165, 1.54) is 19.2 Å². The lowest BCUT2D eigenvalue weighted by Crippen LogP contribution is -2.46. The molecule has 7 heteroatoms. The molecule has 1 heterocycles. The number of halogens is 2. The summed E-state index contributed by atoms with van der Waals surface area (Å²) in [6.07, 6.45) is 1.18. The highest BCUT2D eigenvalue weighted by atomic mass is 35.5. The lowest BCUT2D eigenvalue weighted by atomic mass is 10.0. The largest absolute Gasteiger partial charge is 0.496 e. The number of carbonyl (C=O) groups is 2. The van der Waals surface area contributed by atoms with Crippen LogP contribution in [-0.4, -0.2) is 43.0 Å². The van der Waals surface area contributed by atoms with Gasteiger partial charge in [-0.05, 0) is 43.2 Å². The number of methoxy groups -OCH3 is 1. The minimum atomic E-state index is -0.522.